The number of halogens is 1. The van der Waals surface area contributed by atoms with Crippen LogP contribution in [0.3, 0.4) is 0 Å². The molecule has 2 N–H and O–H groups in total. The average molecular weight is 463 g/mol. The van der Waals surface area contributed by atoms with Gasteiger partial charge in [-0.3, -0.25) is 20.4 Å². The Labute approximate surface area is 180 Å². The molecule has 0 aliphatic heterocycles. The minimum atomic E-state index is -0.469. The van der Waals surface area contributed by atoms with Crippen LogP contribution in [-0.2, 0) is 16.0 Å². The predicted molar refractivity (Wildman–Crippen MR) is 116 cm³/mol. The van der Waals surface area contributed by atoms with Gasteiger partial charge in [0.2, 0.25) is 0 Å². The van der Waals surface area contributed by atoms with Gasteiger partial charge in [-0.15, -0.1) is 0 Å². The summed E-state index contributed by atoms with van der Waals surface area (Å²) in [5.41, 5.74) is 7.00. The largest absolute Gasteiger partial charge is 0.484 e. The zero-order valence-corrected chi connectivity index (χ0v) is 18.5. The summed E-state index contributed by atoms with van der Waals surface area (Å²) in [6, 6.07) is 13.3. The number of carbonyl (C=O) groups is 2. The van der Waals surface area contributed by atoms with Crippen molar-refractivity contribution in [1.82, 2.24) is 10.9 Å². The third-order valence-corrected chi connectivity index (χ3v) is 5.16. The van der Waals surface area contributed by atoms with Gasteiger partial charge >= 0.3 is 0 Å². The summed E-state index contributed by atoms with van der Waals surface area (Å²) >= 11 is 3.47. The average Bonchev–Trinajstić information content (AvgIpc) is 2.75. The van der Waals surface area contributed by atoms with Crippen LogP contribution in [-0.4, -0.2) is 25.0 Å². The van der Waals surface area contributed by atoms with E-state index in [4.69, 9.17) is 9.47 Å². The number of nitrogens with one attached hydrogen (secondary N) is 2. The maximum atomic E-state index is 11.9. The fraction of sp³-hybridized carbons (Fsp3) is 0.364. The van der Waals surface area contributed by atoms with Gasteiger partial charge in [0.1, 0.15) is 11.5 Å². The molecule has 0 heterocycles. The lowest BCUT2D eigenvalue weighted by molar-refractivity contribution is -0.131. The van der Waals surface area contributed by atoms with Crippen LogP contribution in [0.4, 0.5) is 0 Å². The van der Waals surface area contributed by atoms with E-state index in [1.165, 1.54) is 11.1 Å². The molecule has 0 fully saturated rings. The fourth-order valence-corrected chi connectivity index (χ4v) is 3.01. The number of ether oxygens (including phenoxy) is 2. The summed E-state index contributed by atoms with van der Waals surface area (Å²) in [6.07, 6.45) is 1.98. The van der Waals surface area contributed by atoms with Crippen LogP contribution in [0.25, 0.3) is 0 Å². The van der Waals surface area contributed by atoms with Crippen LogP contribution >= 0.6 is 15.9 Å². The number of benzene rings is 2. The minimum Gasteiger partial charge on any atom is -0.484 e. The van der Waals surface area contributed by atoms with Crippen molar-refractivity contribution in [1.29, 1.82) is 0 Å². The molecule has 2 aromatic carbocycles. The first-order valence-corrected chi connectivity index (χ1v) is 10.4. The van der Waals surface area contributed by atoms with E-state index in [2.05, 4.69) is 47.6 Å². The first kappa shape index (κ1) is 22.7. The molecule has 2 amide bonds. The number of amides is 2. The lowest BCUT2D eigenvalue weighted by Crippen LogP contribution is -2.45. The molecule has 0 saturated heterocycles. The number of hydrogen-bond acceptors (Lipinski definition) is 4. The number of hydrazine groups is 1. The van der Waals surface area contributed by atoms with Crippen molar-refractivity contribution in [3.05, 3.63) is 58.1 Å². The smallest absolute Gasteiger partial charge is 0.276 e. The Hall–Kier alpha value is -2.54. The summed E-state index contributed by atoms with van der Waals surface area (Å²) in [6.45, 7) is 5.93. The molecule has 7 heteroatoms. The zero-order chi connectivity index (χ0) is 21.2. The molecule has 0 aliphatic carbocycles. The minimum absolute atomic E-state index is 0.199. The number of hydrogen-bond donors (Lipinski definition) is 2. The molecule has 0 bridgehead atoms. The summed E-state index contributed by atoms with van der Waals surface area (Å²) < 4.78 is 11.7. The number of rotatable bonds is 9. The lowest BCUT2D eigenvalue weighted by atomic mass is 9.99. The fourth-order valence-electron chi connectivity index (χ4n) is 2.50. The Bertz CT molecular complexity index is 824. The molecule has 0 spiro atoms. The Morgan fingerprint density at radius 3 is 2.14 bits per heavy atom. The molecule has 6 nitrogen and oxygen atoms in total. The highest BCUT2D eigenvalue weighted by molar-refractivity contribution is 9.10. The van der Waals surface area contributed by atoms with Gasteiger partial charge in [0, 0.05) is 0 Å². The van der Waals surface area contributed by atoms with Gasteiger partial charge in [-0.1, -0.05) is 39.0 Å². The Morgan fingerprint density at radius 2 is 1.59 bits per heavy atom. The second-order valence-electron chi connectivity index (χ2n) is 6.67. The molecule has 29 heavy (non-hydrogen) atoms. The Morgan fingerprint density at radius 1 is 0.966 bits per heavy atom. The zero-order valence-electron chi connectivity index (χ0n) is 17.0. The second kappa shape index (κ2) is 11.5. The van der Waals surface area contributed by atoms with E-state index < -0.39 is 11.8 Å². The quantitative estimate of drug-likeness (QED) is 0.549. The van der Waals surface area contributed by atoms with E-state index in [1.54, 1.807) is 0 Å². The van der Waals surface area contributed by atoms with E-state index in [0.717, 1.165) is 17.3 Å². The molecule has 1 atom stereocenters. The van der Waals surface area contributed by atoms with Gasteiger partial charge in [0.05, 0.1) is 4.47 Å². The van der Waals surface area contributed by atoms with Crippen LogP contribution < -0.4 is 20.3 Å². The molecular formula is C22H27BrN2O4. The summed E-state index contributed by atoms with van der Waals surface area (Å²) in [7, 11) is 0. The molecule has 0 aromatic heterocycles. The van der Waals surface area contributed by atoms with E-state index in [0.29, 0.717) is 17.4 Å². The van der Waals surface area contributed by atoms with Crippen molar-refractivity contribution >= 4 is 27.7 Å². The van der Waals surface area contributed by atoms with Gasteiger partial charge in [0.25, 0.3) is 11.8 Å². The van der Waals surface area contributed by atoms with Crippen molar-refractivity contribution < 1.29 is 19.1 Å². The van der Waals surface area contributed by atoms with Crippen molar-refractivity contribution in [3.63, 3.8) is 0 Å². The molecule has 0 aliphatic rings. The molecule has 1 unspecified atom stereocenters. The van der Waals surface area contributed by atoms with Crippen molar-refractivity contribution in [3.8, 4) is 11.5 Å². The SMILES string of the molecule is CCc1ccc(OCC(=O)NNC(=O)COc2ccc(C(C)CC)cc2Br)cc1. The standard InChI is InChI=1S/C22H27BrN2O4/c1-4-15(3)17-8-11-20(19(23)12-17)29-14-22(27)25-24-21(26)13-28-18-9-6-16(5-2)7-10-18/h6-12,15H,4-5,13-14H2,1-3H3,(H,24,26)(H,25,27). The maximum Gasteiger partial charge on any atom is 0.276 e. The third kappa shape index (κ3) is 7.42. The maximum absolute atomic E-state index is 11.9. The highest BCUT2D eigenvalue weighted by Gasteiger charge is 2.10. The first-order valence-electron chi connectivity index (χ1n) is 9.64. The van der Waals surface area contributed by atoms with Crippen LogP contribution in [0.15, 0.2) is 46.9 Å². The van der Waals surface area contributed by atoms with Crippen LogP contribution in [0.2, 0.25) is 0 Å². The topological polar surface area (TPSA) is 76.7 Å². The predicted octanol–water partition coefficient (Wildman–Crippen LogP) is 4.13. The normalized spacial score (nSPS) is 11.4. The molecule has 0 saturated carbocycles. The molecular weight excluding hydrogens is 436 g/mol. The van der Waals surface area contributed by atoms with Crippen molar-refractivity contribution in [2.45, 2.75) is 39.5 Å². The number of carbonyl (C=O) groups excluding carboxylic acids is 2. The second-order valence-corrected chi connectivity index (χ2v) is 7.52. The monoisotopic (exact) mass is 462 g/mol. The molecule has 156 valence electrons. The van der Waals surface area contributed by atoms with Gasteiger partial charge in [-0.2, -0.15) is 0 Å². The van der Waals surface area contributed by atoms with Crippen LogP contribution in [0, 0.1) is 0 Å². The van der Waals surface area contributed by atoms with Crippen molar-refractivity contribution in [2.75, 3.05) is 13.2 Å². The molecule has 2 aromatic rings. The van der Waals surface area contributed by atoms with E-state index in [-0.39, 0.29) is 13.2 Å². The van der Waals surface area contributed by atoms with Crippen LogP contribution in [0.1, 0.15) is 44.2 Å². The van der Waals surface area contributed by atoms with E-state index in [9.17, 15) is 9.59 Å². The summed E-state index contributed by atoms with van der Waals surface area (Å²) in [5.74, 6) is 0.682. The number of aryl methyl sites for hydroxylation is 1. The van der Waals surface area contributed by atoms with Gasteiger partial charge in [-0.05, 0) is 70.1 Å². The van der Waals surface area contributed by atoms with Gasteiger partial charge < -0.3 is 9.47 Å². The Balaban J connectivity index is 1.71. The summed E-state index contributed by atoms with van der Waals surface area (Å²) in [4.78, 5) is 23.7. The molecule has 0 radical (unpaired) electrons. The van der Waals surface area contributed by atoms with Crippen molar-refractivity contribution in [2.24, 2.45) is 0 Å². The summed E-state index contributed by atoms with van der Waals surface area (Å²) in [5, 5.41) is 0. The lowest BCUT2D eigenvalue weighted by Gasteiger charge is -2.13. The Kier molecular flexibility index (Phi) is 8.99. The highest BCUT2D eigenvalue weighted by Crippen LogP contribution is 2.30. The van der Waals surface area contributed by atoms with Gasteiger partial charge in [0.15, 0.2) is 13.2 Å². The van der Waals surface area contributed by atoms with E-state index in [1.807, 2.05) is 42.5 Å². The highest BCUT2D eigenvalue weighted by atomic mass is 79.9. The first-order chi connectivity index (χ1) is 13.9. The van der Waals surface area contributed by atoms with Gasteiger partial charge in [-0.25, -0.2) is 0 Å². The van der Waals surface area contributed by atoms with Crippen LogP contribution in [0.5, 0.6) is 11.5 Å². The third-order valence-electron chi connectivity index (χ3n) is 4.54. The molecule has 2 rings (SSSR count). The van der Waals surface area contributed by atoms with E-state index >= 15 is 0 Å².